The summed E-state index contributed by atoms with van der Waals surface area (Å²) in [5.41, 5.74) is 0.159. The molecule has 110 valence electrons. The van der Waals surface area contributed by atoms with Gasteiger partial charge in [-0.1, -0.05) is 6.07 Å². The third kappa shape index (κ3) is 3.56. The molecule has 0 aliphatic rings. The van der Waals surface area contributed by atoms with Crippen LogP contribution in [0.25, 0.3) is 5.82 Å². The van der Waals surface area contributed by atoms with E-state index in [0.717, 1.165) is 5.56 Å². The molecule has 2 heterocycles. The molecule has 0 saturated carbocycles. The van der Waals surface area contributed by atoms with Crippen LogP contribution in [0, 0.1) is 6.92 Å². The molecule has 5 nitrogen and oxygen atoms in total. The fourth-order valence-corrected chi connectivity index (χ4v) is 1.86. The SMILES string of the molecule is Cc1ccnc(-n2c(C(=O)OC(C)(C)C)cccc2=O)c1. The fraction of sp³-hybridized carbons (Fsp3) is 0.312. The molecule has 0 aliphatic heterocycles. The number of ether oxygens (including phenoxy) is 1. The Morgan fingerprint density at radius 1 is 1.24 bits per heavy atom. The van der Waals surface area contributed by atoms with Crippen molar-refractivity contribution in [3.63, 3.8) is 0 Å². The number of carbonyl (C=O) groups excluding carboxylic acids is 1. The quantitative estimate of drug-likeness (QED) is 0.796. The molecule has 0 radical (unpaired) electrons. The van der Waals surface area contributed by atoms with Gasteiger partial charge in [0.2, 0.25) is 0 Å². The molecule has 0 aromatic carbocycles. The van der Waals surface area contributed by atoms with Gasteiger partial charge in [0.05, 0.1) is 0 Å². The standard InChI is InChI=1S/C16H18N2O3/c1-11-8-9-17-13(10-11)18-12(6-5-7-14(18)19)15(20)21-16(2,3)4/h5-10H,1-4H3. The number of hydrogen-bond donors (Lipinski definition) is 0. The Kier molecular flexibility index (Phi) is 3.93. The van der Waals surface area contributed by atoms with Crippen LogP contribution in [0.3, 0.4) is 0 Å². The minimum Gasteiger partial charge on any atom is -0.455 e. The highest BCUT2D eigenvalue weighted by Gasteiger charge is 2.21. The Labute approximate surface area is 123 Å². The van der Waals surface area contributed by atoms with Crippen molar-refractivity contribution in [1.82, 2.24) is 9.55 Å². The van der Waals surface area contributed by atoms with Crippen LogP contribution in [0.4, 0.5) is 0 Å². The van der Waals surface area contributed by atoms with Crippen molar-refractivity contribution in [2.45, 2.75) is 33.3 Å². The van der Waals surface area contributed by atoms with Crippen molar-refractivity contribution >= 4 is 5.97 Å². The maximum atomic E-state index is 12.3. The normalized spacial score (nSPS) is 11.2. The van der Waals surface area contributed by atoms with Gasteiger partial charge >= 0.3 is 5.97 Å². The Bertz CT molecular complexity index is 727. The highest BCUT2D eigenvalue weighted by Crippen LogP contribution is 2.14. The lowest BCUT2D eigenvalue weighted by Gasteiger charge is -2.20. The monoisotopic (exact) mass is 286 g/mol. The number of rotatable bonds is 2. The van der Waals surface area contributed by atoms with E-state index in [-0.39, 0.29) is 11.3 Å². The Morgan fingerprint density at radius 3 is 2.57 bits per heavy atom. The van der Waals surface area contributed by atoms with E-state index in [1.807, 2.05) is 13.0 Å². The molecule has 0 aliphatic carbocycles. The van der Waals surface area contributed by atoms with Gasteiger partial charge < -0.3 is 4.74 Å². The van der Waals surface area contributed by atoms with Crippen LogP contribution in [0.2, 0.25) is 0 Å². The summed E-state index contributed by atoms with van der Waals surface area (Å²) in [5, 5.41) is 0. The molecule has 0 fully saturated rings. The highest BCUT2D eigenvalue weighted by atomic mass is 16.6. The Hall–Kier alpha value is -2.43. The van der Waals surface area contributed by atoms with Crippen molar-refractivity contribution in [1.29, 1.82) is 0 Å². The van der Waals surface area contributed by atoms with Gasteiger partial charge in [-0.15, -0.1) is 0 Å². The molecule has 0 unspecified atom stereocenters. The van der Waals surface area contributed by atoms with Crippen LogP contribution in [0.5, 0.6) is 0 Å². The van der Waals surface area contributed by atoms with Gasteiger partial charge in [-0.05, 0) is 51.5 Å². The molecule has 2 aromatic rings. The van der Waals surface area contributed by atoms with Crippen LogP contribution in [0.15, 0.2) is 41.3 Å². The number of pyridine rings is 2. The van der Waals surface area contributed by atoms with E-state index < -0.39 is 11.6 Å². The molecule has 0 N–H and O–H groups in total. The summed E-state index contributed by atoms with van der Waals surface area (Å²) in [7, 11) is 0. The van der Waals surface area contributed by atoms with Gasteiger partial charge in [0.15, 0.2) is 0 Å². The smallest absolute Gasteiger partial charge is 0.355 e. The predicted octanol–water partition coefficient (Wildman–Crippen LogP) is 2.50. The first-order chi connectivity index (χ1) is 9.78. The number of esters is 1. The summed E-state index contributed by atoms with van der Waals surface area (Å²) < 4.78 is 6.61. The van der Waals surface area contributed by atoms with Gasteiger partial charge in [0.1, 0.15) is 17.1 Å². The Morgan fingerprint density at radius 2 is 1.95 bits per heavy atom. The van der Waals surface area contributed by atoms with Crippen LogP contribution in [0.1, 0.15) is 36.8 Å². The second-order valence-electron chi connectivity index (χ2n) is 5.78. The third-order valence-corrected chi connectivity index (χ3v) is 2.69. The minimum absolute atomic E-state index is 0.163. The first-order valence-electron chi connectivity index (χ1n) is 6.66. The van der Waals surface area contributed by atoms with Crippen molar-refractivity contribution in [3.05, 3.63) is 58.1 Å². The van der Waals surface area contributed by atoms with Crippen LogP contribution in [-0.2, 0) is 4.74 Å². The van der Waals surface area contributed by atoms with Gasteiger partial charge in [-0.3, -0.25) is 9.36 Å². The van der Waals surface area contributed by atoms with Crippen LogP contribution >= 0.6 is 0 Å². The highest BCUT2D eigenvalue weighted by molar-refractivity contribution is 5.88. The predicted molar refractivity (Wildman–Crippen MR) is 79.7 cm³/mol. The third-order valence-electron chi connectivity index (χ3n) is 2.69. The average Bonchev–Trinajstić information content (AvgIpc) is 2.36. The molecule has 21 heavy (non-hydrogen) atoms. The van der Waals surface area contributed by atoms with E-state index in [2.05, 4.69) is 4.98 Å². The zero-order valence-electron chi connectivity index (χ0n) is 12.6. The average molecular weight is 286 g/mol. The molecule has 5 heteroatoms. The molecule has 2 aromatic heterocycles. The summed E-state index contributed by atoms with van der Waals surface area (Å²) in [5.74, 6) is -0.148. The molecule has 0 bridgehead atoms. The van der Waals surface area contributed by atoms with E-state index in [1.54, 1.807) is 39.1 Å². The van der Waals surface area contributed by atoms with Crippen molar-refractivity contribution in [2.24, 2.45) is 0 Å². The minimum atomic E-state index is -0.631. The van der Waals surface area contributed by atoms with Crippen LogP contribution in [-0.4, -0.2) is 21.1 Å². The number of nitrogens with zero attached hydrogens (tertiary/aromatic N) is 2. The number of aromatic nitrogens is 2. The Balaban J connectivity index is 2.56. The van der Waals surface area contributed by atoms with Gasteiger partial charge in [-0.2, -0.15) is 0 Å². The maximum absolute atomic E-state index is 12.3. The van der Waals surface area contributed by atoms with E-state index >= 15 is 0 Å². The molecule has 0 saturated heterocycles. The molecular weight excluding hydrogens is 268 g/mol. The zero-order chi connectivity index (χ0) is 15.6. The van der Waals surface area contributed by atoms with E-state index in [9.17, 15) is 9.59 Å². The van der Waals surface area contributed by atoms with E-state index in [0.29, 0.717) is 5.82 Å². The molecule has 0 spiro atoms. The first kappa shape index (κ1) is 15.0. The zero-order valence-corrected chi connectivity index (χ0v) is 12.6. The summed E-state index contributed by atoms with van der Waals surface area (Å²) in [6.45, 7) is 7.23. The number of aryl methyl sites for hydroxylation is 1. The molecule has 2 rings (SSSR count). The molecular formula is C16H18N2O3. The van der Waals surface area contributed by atoms with Gasteiger partial charge in [0.25, 0.3) is 5.56 Å². The molecule has 0 atom stereocenters. The van der Waals surface area contributed by atoms with Gasteiger partial charge in [-0.25, -0.2) is 9.78 Å². The lowest BCUT2D eigenvalue weighted by Crippen LogP contribution is -2.30. The van der Waals surface area contributed by atoms with E-state index in [1.165, 1.54) is 16.7 Å². The number of hydrogen-bond acceptors (Lipinski definition) is 4. The first-order valence-corrected chi connectivity index (χ1v) is 6.66. The number of carbonyl (C=O) groups is 1. The summed E-state index contributed by atoms with van der Waals surface area (Å²) in [4.78, 5) is 28.6. The topological polar surface area (TPSA) is 61.2 Å². The summed E-state index contributed by atoms with van der Waals surface area (Å²) in [6, 6.07) is 8.05. The lowest BCUT2D eigenvalue weighted by atomic mass is 10.2. The molecule has 0 amide bonds. The summed E-state index contributed by atoms with van der Waals surface area (Å²) in [6.07, 6.45) is 1.60. The largest absolute Gasteiger partial charge is 0.455 e. The van der Waals surface area contributed by atoms with E-state index in [4.69, 9.17) is 4.74 Å². The second kappa shape index (κ2) is 5.52. The van der Waals surface area contributed by atoms with Crippen LogP contribution < -0.4 is 5.56 Å². The van der Waals surface area contributed by atoms with Crippen molar-refractivity contribution in [2.75, 3.05) is 0 Å². The van der Waals surface area contributed by atoms with Gasteiger partial charge in [0, 0.05) is 12.3 Å². The lowest BCUT2D eigenvalue weighted by molar-refractivity contribution is 0.00590. The van der Waals surface area contributed by atoms with Crippen molar-refractivity contribution in [3.8, 4) is 5.82 Å². The maximum Gasteiger partial charge on any atom is 0.355 e. The fourth-order valence-electron chi connectivity index (χ4n) is 1.86. The van der Waals surface area contributed by atoms with Crippen molar-refractivity contribution < 1.29 is 9.53 Å². The summed E-state index contributed by atoms with van der Waals surface area (Å²) >= 11 is 0. The second-order valence-corrected chi connectivity index (χ2v) is 5.78.